The first-order valence-corrected chi connectivity index (χ1v) is 9.41. The van der Waals surface area contributed by atoms with E-state index in [2.05, 4.69) is 40.7 Å². The molecule has 1 aliphatic heterocycles. The van der Waals surface area contributed by atoms with Gasteiger partial charge in [-0.15, -0.1) is 0 Å². The molecule has 2 fully saturated rings. The summed E-state index contributed by atoms with van der Waals surface area (Å²) in [7, 11) is 0. The number of fused-ring (bicyclic) bond motifs is 1. The number of rotatable bonds is 2. The van der Waals surface area contributed by atoms with E-state index in [-0.39, 0.29) is 11.1 Å². The maximum atomic E-state index is 12.5. The molecule has 2 aromatic heterocycles. The Balaban J connectivity index is 1.58. The highest BCUT2D eigenvalue weighted by molar-refractivity contribution is 5.74. The monoisotopic (exact) mass is 344 g/mol. The SMILES string of the molecule is CC(C)(C)n1ncc2c(=O)[nH]c(N3CCN(C4CCCC4)CC3)nc21. The number of anilines is 1. The van der Waals surface area contributed by atoms with E-state index in [1.54, 1.807) is 6.20 Å². The summed E-state index contributed by atoms with van der Waals surface area (Å²) in [5.41, 5.74) is 0.360. The predicted molar refractivity (Wildman–Crippen MR) is 99.2 cm³/mol. The highest BCUT2D eigenvalue weighted by Gasteiger charge is 2.27. The molecule has 7 nitrogen and oxygen atoms in total. The van der Waals surface area contributed by atoms with Gasteiger partial charge < -0.3 is 4.90 Å². The number of hydrogen-bond acceptors (Lipinski definition) is 5. The van der Waals surface area contributed by atoms with Gasteiger partial charge in [-0.05, 0) is 33.6 Å². The maximum Gasteiger partial charge on any atom is 0.263 e. The fraction of sp³-hybridized carbons (Fsp3) is 0.722. The minimum absolute atomic E-state index is 0.103. The number of aromatic amines is 1. The molecular formula is C18H28N6O. The van der Waals surface area contributed by atoms with Crippen LogP contribution < -0.4 is 10.5 Å². The van der Waals surface area contributed by atoms with Crippen molar-refractivity contribution < 1.29 is 0 Å². The van der Waals surface area contributed by atoms with Crippen LogP contribution >= 0.6 is 0 Å². The van der Waals surface area contributed by atoms with Gasteiger partial charge in [-0.3, -0.25) is 14.7 Å². The number of aromatic nitrogens is 4. The van der Waals surface area contributed by atoms with Crippen molar-refractivity contribution in [2.45, 2.75) is 58.0 Å². The van der Waals surface area contributed by atoms with E-state index in [4.69, 9.17) is 4.98 Å². The smallest absolute Gasteiger partial charge is 0.263 e. The van der Waals surface area contributed by atoms with Crippen LogP contribution in [0.25, 0.3) is 11.0 Å². The minimum atomic E-state index is -0.207. The van der Waals surface area contributed by atoms with Crippen LogP contribution in [0.4, 0.5) is 5.95 Å². The van der Waals surface area contributed by atoms with Crippen LogP contribution in [0.2, 0.25) is 0 Å². The average Bonchev–Trinajstić information content (AvgIpc) is 3.24. The lowest BCUT2D eigenvalue weighted by atomic mass is 10.1. The van der Waals surface area contributed by atoms with Crippen LogP contribution in [0.1, 0.15) is 46.5 Å². The summed E-state index contributed by atoms with van der Waals surface area (Å²) in [5, 5.41) is 4.94. The van der Waals surface area contributed by atoms with Gasteiger partial charge in [0.25, 0.3) is 5.56 Å². The Hall–Kier alpha value is -1.89. The lowest BCUT2D eigenvalue weighted by Crippen LogP contribution is -2.50. The highest BCUT2D eigenvalue weighted by atomic mass is 16.1. The lowest BCUT2D eigenvalue weighted by molar-refractivity contribution is 0.187. The van der Waals surface area contributed by atoms with E-state index in [0.717, 1.165) is 32.2 Å². The molecule has 0 amide bonds. The molecule has 25 heavy (non-hydrogen) atoms. The van der Waals surface area contributed by atoms with Crippen LogP contribution in [0.5, 0.6) is 0 Å². The molecule has 3 heterocycles. The van der Waals surface area contributed by atoms with Crippen molar-refractivity contribution in [1.82, 2.24) is 24.6 Å². The molecular weight excluding hydrogens is 316 g/mol. The fourth-order valence-corrected chi connectivity index (χ4v) is 4.12. The zero-order chi connectivity index (χ0) is 17.6. The summed E-state index contributed by atoms with van der Waals surface area (Å²) in [6, 6.07) is 0.763. The number of H-pyrrole nitrogens is 1. The predicted octanol–water partition coefficient (Wildman–Crippen LogP) is 1.94. The Morgan fingerprint density at radius 2 is 1.80 bits per heavy atom. The van der Waals surface area contributed by atoms with Gasteiger partial charge in [0.1, 0.15) is 5.39 Å². The van der Waals surface area contributed by atoms with Crippen molar-refractivity contribution in [3.05, 3.63) is 16.6 Å². The Morgan fingerprint density at radius 3 is 2.44 bits per heavy atom. The first-order valence-electron chi connectivity index (χ1n) is 9.41. The van der Waals surface area contributed by atoms with Gasteiger partial charge >= 0.3 is 0 Å². The van der Waals surface area contributed by atoms with Crippen molar-refractivity contribution in [3.63, 3.8) is 0 Å². The van der Waals surface area contributed by atoms with E-state index < -0.39 is 0 Å². The molecule has 0 bridgehead atoms. The van der Waals surface area contributed by atoms with Gasteiger partial charge in [0, 0.05) is 32.2 Å². The van der Waals surface area contributed by atoms with Crippen LogP contribution in [-0.2, 0) is 5.54 Å². The van der Waals surface area contributed by atoms with Crippen molar-refractivity contribution in [2.75, 3.05) is 31.1 Å². The molecule has 2 aliphatic rings. The topological polar surface area (TPSA) is 70.1 Å². The van der Waals surface area contributed by atoms with E-state index >= 15 is 0 Å². The third-order valence-corrected chi connectivity index (χ3v) is 5.52. The molecule has 0 spiro atoms. The quantitative estimate of drug-likeness (QED) is 0.901. The third kappa shape index (κ3) is 3.05. The van der Waals surface area contributed by atoms with Gasteiger partial charge in [-0.25, -0.2) is 4.68 Å². The van der Waals surface area contributed by atoms with Gasteiger partial charge in [0.15, 0.2) is 5.65 Å². The molecule has 0 aromatic carbocycles. The Bertz CT molecular complexity index is 803. The molecule has 1 N–H and O–H groups in total. The zero-order valence-electron chi connectivity index (χ0n) is 15.5. The lowest BCUT2D eigenvalue weighted by Gasteiger charge is -2.38. The normalized spacial score (nSPS) is 20.7. The average molecular weight is 344 g/mol. The van der Waals surface area contributed by atoms with Crippen LogP contribution in [0.15, 0.2) is 11.0 Å². The van der Waals surface area contributed by atoms with Gasteiger partial charge in [-0.2, -0.15) is 10.1 Å². The molecule has 1 saturated heterocycles. The fourth-order valence-electron chi connectivity index (χ4n) is 4.12. The first-order chi connectivity index (χ1) is 11.9. The van der Waals surface area contributed by atoms with Gasteiger partial charge in [-0.1, -0.05) is 12.8 Å². The second-order valence-electron chi connectivity index (χ2n) is 8.32. The highest BCUT2D eigenvalue weighted by Crippen LogP contribution is 2.25. The summed E-state index contributed by atoms with van der Waals surface area (Å²) < 4.78 is 1.84. The second kappa shape index (κ2) is 6.12. The number of piperazine rings is 1. The van der Waals surface area contributed by atoms with E-state index in [0.29, 0.717) is 17.0 Å². The molecule has 1 saturated carbocycles. The van der Waals surface area contributed by atoms with Crippen LogP contribution in [0.3, 0.4) is 0 Å². The molecule has 136 valence electrons. The molecule has 4 rings (SSSR count). The number of hydrogen-bond donors (Lipinski definition) is 1. The van der Waals surface area contributed by atoms with Crippen LogP contribution in [-0.4, -0.2) is 56.9 Å². The molecule has 2 aromatic rings. The van der Waals surface area contributed by atoms with Crippen molar-refractivity contribution in [3.8, 4) is 0 Å². The van der Waals surface area contributed by atoms with Crippen LogP contribution in [0, 0.1) is 0 Å². The summed E-state index contributed by atoms with van der Waals surface area (Å²) in [4.78, 5) is 25.0. The molecule has 1 aliphatic carbocycles. The van der Waals surface area contributed by atoms with E-state index in [1.807, 2.05) is 4.68 Å². The van der Waals surface area contributed by atoms with E-state index in [9.17, 15) is 4.79 Å². The third-order valence-electron chi connectivity index (χ3n) is 5.52. The zero-order valence-corrected chi connectivity index (χ0v) is 15.5. The van der Waals surface area contributed by atoms with Gasteiger partial charge in [0.2, 0.25) is 5.95 Å². The molecule has 0 unspecified atom stereocenters. The Morgan fingerprint density at radius 1 is 1.12 bits per heavy atom. The summed E-state index contributed by atoms with van der Waals surface area (Å²) >= 11 is 0. The first kappa shape index (κ1) is 16.6. The number of nitrogens with zero attached hydrogens (tertiary/aromatic N) is 5. The van der Waals surface area contributed by atoms with Crippen molar-refractivity contribution in [2.24, 2.45) is 0 Å². The minimum Gasteiger partial charge on any atom is -0.340 e. The largest absolute Gasteiger partial charge is 0.340 e. The summed E-state index contributed by atoms with van der Waals surface area (Å²) in [6.07, 6.45) is 7.03. The van der Waals surface area contributed by atoms with Crippen molar-refractivity contribution in [1.29, 1.82) is 0 Å². The van der Waals surface area contributed by atoms with Gasteiger partial charge in [0.05, 0.1) is 11.7 Å². The molecule has 0 atom stereocenters. The van der Waals surface area contributed by atoms with E-state index in [1.165, 1.54) is 25.7 Å². The summed E-state index contributed by atoms with van der Waals surface area (Å²) in [6.45, 7) is 10.1. The molecule has 7 heteroatoms. The Kier molecular flexibility index (Phi) is 4.06. The van der Waals surface area contributed by atoms with Crippen molar-refractivity contribution >= 4 is 17.0 Å². The Labute approximate surface area is 148 Å². The number of nitrogens with one attached hydrogen (secondary N) is 1. The summed E-state index contributed by atoms with van der Waals surface area (Å²) in [5.74, 6) is 0.676. The standard InChI is InChI=1S/C18H28N6O/c1-18(2,3)24-15-14(12-19-24)16(25)21-17(20-15)23-10-8-22(9-11-23)13-6-4-5-7-13/h12-13H,4-11H2,1-3H3,(H,20,21,25). The molecule has 0 radical (unpaired) electrons. The maximum absolute atomic E-state index is 12.5. The second-order valence-corrected chi connectivity index (χ2v) is 8.32.